The number of nitrogens with one attached hydrogen (secondary N) is 1. The van der Waals surface area contributed by atoms with E-state index in [1.165, 1.54) is 4.90 Å². The van der Waals surface area contributed by atoms with E-state index in [0.29, 0.717) is 24.2 Å². The van der Waals surface area contributed by atoms with Crippen LogP contribution in [0.4, 0.5) is 5.69 Å². The molecule has 4 rings (SSSR count). The van der Waals surface area contributed by atoms with E-state index in [0.717, 1.165) is 27.9 Å². The van der Waals surface area contributed by atoms with Gasteiger partial charge in [0.1, 0.15) is 5.70 Å². The summed E-state index contributed by atoms with van der Waals surface area (Å²) in [7, 11) is 0. The van der Waals surface area contributed by atoms with E-state index in [-0.39, 0.29) is 11.8 Å². The Labute approximate surface area is 176 Å². The van der Waals surface area contributed by atoms with Crippen molar-refractivity contribution in [2.75, 3.05) is 11.9 Å². The highest BCUT2D eigenvalue weighted by molar-refractivity contribution is 6.36. The zero-order valence-corrected chi connectivity index (χ0v) is 17.2. The van der Waals surface area contributed by atoms with Crippen LogP contribution in [0.2, 0.25) is 0 Å². The lowest BCUT2D eigenvalue weighted by molar-refractivity contribution is -0.136. The average molecular weight is 396 g/mol. The second kappa shape index (κ2) is 8.37. The van der Waals surface area contributed by atoms with Crippen molar-refractivity contribution < 1.29 is 9.59 Å². The van der Waals surface area contributed by atoms with Crippen LogP contribution in [0.15, 0.2) is 84.6 Å². The zero-order chi connectivity index (χ0) is 21.1. The van der Waals surface area contributed by atoms with Gasteiger partial charge in [0.05, 0.1) is 5.57 Å². The highest BCUT2D eigenvalue weighted by Gasteiger charge is 2.38. The van der Waals surface area contributed by atoms with Crippen molar-refractivity contribution in [3.05, 3.63) is 107 Å². The molecule has 0 fully saturated rings. The van der Waals surface area contributed by atoms with E-state index in [1.807, 2.05) is 92.7 Å². The molecular weight excluding hydrogens is 372 g/mol. The molecule has 2 amide bonds. The molecule has 1 heterocycles. The summed E-state index contributed by atoms with van der Waals surface area (Å²) < 4.78 is 0. The molecule has 1 aliphatic heterocycles. The molecule has 0 bridgehead atoms. The van der Waals surface area contributed by atoms with Gasteiger partial charge in [0.2, 0.25) is 0 Å². The molecule has 30 heavy (non-hydrogen) atoms. The monoisotopic (exact) mass is 396 g/mol. The number of imide groups is 1. The molecule has 0 unspecified atom stereocenters. The molecule has 1 N–H and O–H groups in total. The minimum absolute atomic E-state index is 0.255. The quantitative estimate of drug-likeness (QED) is 0.613. The fourth-order valence-corrected chi connectivity index (χ4v) is 3.64. The van der Waals surface area contributed by atoms with Crippen molar-refractivity contribution in [1.82, 2.24) is 4.90 Å². The summed E-state index contributed by atoms with van der Waals surface area (Å²) in [6, 6.07) is 25.4. The third-order valence-corrected chi connectivity index (χ3v) is 5.26. The number of hydrogen-bond donors (Lipinski definition) is 1. The number of carbonyl (C=O) groups is 2. The van der Waals surface area contributed by atoms with Crippen LogP contribution in [-0.2, 0) is 16.0 Å². The van der Waals surface area contributed by atoms with Gasteiger partial charge >= 0.3 is 0 Å². The molecule has 4 nitrogen and oxygen atoms in total. The molecule has 0 aromatic heterocycles. The van der Waals surface area contributed by atoms with Crippen LogP contribution >= 0.6 is 0 Å². The minimum atomic E-state index is -0.284. The third-order valence-electron chi connectivity index (χ3n) is 5.26. The second-order valence-corrected chi connectivity index (χ2v) is 7.61. The fraction of sp³-hybridized carbons (Fsp3) is 0.154. The number of nitrogens with zero attached hydrogens (tertiary/aromatic N) is 1. The van der Waals surface area contributed by atoms with Gasteiger partial charge in [0, 0.05) is 12.2 Å². The van der Waals surface area contributed by atoms with E-state index in [4.69, 9.17) is 0 Å². The molecule has 3 aromatic carbocycles. The summed E-state index contributed by atoms with van der Waals surface area (Å²) in [5.74, 6) is -0.539. The Balaban J connectivity index is 1.67. The highest BCUT2D eigenvalue weighted by Crippen LogP contribution is 2.31. The van der Waals surface area contributed by atoms with Gasteiger partial charge in [-0.25, -0.2) is 0 Å². The number of carbonyl (C=O) groups excluding carboxylic acids is 2. The minimum Gasteiger partial charge on any atom is -0.350 e. The Kier molecular flexibility index (Phi) is 5.48. The molecular formula is C26H24N2O2. The highest BCUT2D eigenvalue weighted by atomic mass is 16.2. The number of amides is 2. The van der Waals surface area contributed by atoms with Crippen molar-refractivity contribution in [1.29, 1.82) is 0 Å². The second-order valence-electron chi connectivity index (χ2n) is 7.61. The van der Waals surface area contributed by atoms with E-state index < -0.39 is 0 Å². The topological polar surface area (TPSA) is 49.4 Å². The number of aryl methyl sites for hydroxylation is 2. The molecule has 0 atom stereocenters. The first-order chi connectivity index (χ1) is 14.5. The molecule has 0 spiro atoms. The number of rotatable bonds is 6. The summed E-state index contributed by atoms with van der Waals surface area (Å²) in [5.41, 5.74) is 5.57. The largest absolute Gasteiger partial charge is 0.350 e. The standard InChI is InChI=1S/C26H24N2O2/c1-18-11-13-21(14-12-18)23-24(27-22-10-6-7-19(2)17-22)26(30)28(25(23)29)16-15-20-8-4-3-5-9-20/h3-14,17,27H,15-16H2,1-2H3. The van der Waals surface area contributed by atoms with E-state index in [9.17, 15) is 9.59 Å². The van der Waals surface area contributed by atoms with Crippen molar-refractivity contribution >= 4 is 23.1 Å². The van der Waals surface area contributed by atoms with Gasteiger partial charge in [-0.05, 0) is 49.1 Å². The lowest BCUT2D eigenvalue weighted by atomic mass is 10.0. The normalized spacial score (nSPS) is 13.9. The molecule has 0 radical (unpaired) electrons. The third kappa shape index (κ3) is 4.03. The zero-order valence-electron chi connectivity index (χ0n) is 17.2. The van der Waals surface area contributed by atoms with E-state index in [1.54, 1.807) is 0 Å². The fourth-order valence-electron chi connectivity index (χ4n) is 3.64. The summed E-state index contributed by atoms with van der Waals surface area (Å²) in [5, 5.41) is 3.22. The smallest absolute Gasteiger partial charge is 0.278 e. The van der Waals surface area contributed by atoms with Crippen molar-refractivity contribution in [2.45, 2.75) is 20.3 Å². The lowest BCUT2D eigenvalue weighted by Gasteiger charge is -2.15. The first-order valence-corrected chi connectivity index (χ1v) is 10.1. The predicted octanol–water partition coefficient (Wildman–Crippen LogP) is 4.74. The van der Waals surface area contributed by atoms with Crippen LogP contribution in [0, 0.1) is 13.8 Å². The Morgan fingerprint density at radius 3 is 2.20 bits per heavy atom. The SMILES string of the molecule is Cc1ccc(C2=C(Nc3cccc(C)c3)C(=O)N(CCc3ccccc3)C2=O)cc1. The van der Waals surface area contributed by atoms with Crippen LogP contribution in [0.25, 0.3) is 5.57 Å². The van der Waals surface area contributed by atoms with Gasteiger partial charge in [-0.2, -0.15) is 0 Å². The summed E-state index contributed by atoms with van der Waals surface area (Å²) in [6.45, 7) is 4.34. The maximum absolute atomic E-state index is 13.3. The summed E-state index contributed by atoms with van der Waals surface area (Å²) in [4.78, 5) is 27.9. The average Bonchev–Trinajstić information content (AvgIpc) is 2.97. The molecule has 3 aromatic rings. The number of benzene rings is 3. The van der Waals surface area contributed by atoms with Crippen molar-refractivity contribution in [3.8, 4) is 0 Å². The van der Waals surface area contributed by atoms with Gasteiger partial charge < -0.3 is 5.32 Å². The summed E-state index contributed by atoms with van der Waals surface area (Å²) in [6.07, 6.45) is 0.622. The van der Waals surface area contributed by atoms with Crippen LogP contribution in [-0.4, -0.2) is 23.3 Å². The first kappa shape index (κ1) is 19.6. The van der Waals surface area contributed by atoms with Crippen molar-refractivity contribution in [3.63, 3.8) is 0 Å². The molecule has 0 saturated carbocycles. The lowest BCUT2D eigenvalue weighted by Crippen LogP contribution is -2.34. The van der Waals surface area contributed by atoms with Crippen LogP contribution in [0.3, 0.4) is 0 Å². The van der Waals surface area contributed by atoms with Gasteiger partial charge in [0.25, 0.3) is 11.8 Å². The number of anilines is 1. The van der Waals surface area contributed by atoms with Gasteiger partial charge in [-0.15, -0.1) is 0 Å². The maximum Gasteiger partial charge on any atom is 0.278 e. The first-order valence-electron chi connectivity index (χ1n) is 10.1. The molecule has 0 aliphatic carbocycles. The number of hydrogen-bond acceptors (Lipinski definition) is 3. The molecule has 4 heteroatoms. The Morgan fingerprint density at radius 1 is 0.767 bits per heavy atom. The Hall–Kier alpha value is -3.66. The summed E-state index contributed by atoms with van der Waals surface area (Å²) >= 11 is 0. The van der Waals surface area contributed by atoms with Gasteiger partial charge in [0.15, 0.2) is 0 Å². The Morgan fingerprint density at radius 2 is 1.50 bits per heavy atom. The predicted molar refractivity (Wildman–Crippen MR) is 120 cm³/mol. The van der Waals surface area contributed by atoms with Gasteiger partial charge in [-0.3, -0.25) is 14.5 Å². The van der Waals surface area contributed by atoms with E-state index >= 15 is 0 Å². The Bertz CT molecular complexity index is 1120. The van der Waals surface area contributed by atoms with Crippen LogP contribution in [0.5, 0.6) is 0 Å². The molecule has 0 saturated heterocycles. The molecule has 1 aliphatic rings. The van der Waals surface area contributed by atoms with Crippen LogP contribution in [0.1, 0.15) is 22.3 Å². The van der Waals surface area contributed by atoms with Crippen LogP contribution < -0.4 is 5.32 Å². The maximum atomic E-state index is 13.3. The van der Waals surface area contributed by atoms with Gasteiger partial charge in [-0.1, -0.05) is 72.3 Å². The van der Waals surface area contributed by atoms with Crippen molar-refractivity contribution in [2.24, 2.45) is 0 Å². The van der Waals surface area contributed by atoms with E-state index in [2.05, 4.69) is 5.32 Å². The molecule has 150 valence electrons.